The molecule has 1 atom stereocenters. The second-order valence-corrected chi connectivity index (χ2v) is 19.2. The van der Waals surface area contributed by atoms with Crippen molar-refractivity contribution in [2.24, 2.45) is 0 Å². The van der Waals surface area contributed by atoms with Gasteiger partial charge in [0.1, 0.15) is 13.2 Å². The lowest BCUT2D eigenvalue weighted by molar-refractivity contribution is -0.167. The molecule has 0 N–H and O–H groups in total. The van der Waals surface area contributed by atoms with Gasteiger partial charge in [-0.25, -0.2) is 0 Å². The van der Waals surface area contributed by atoms with Crippen LogP contribution in [-0.4, -0.2) is 37.2 Å². The highest BCUT2D eigenvalue weighted by Gasteiger charge is 2.19. The van der Waals surface area contributed by atoms with Crippen molar-refractivity contribution in [1.29, 1.82) is 0 Å². The minimum absolute atomic E-state index is 0.0703. The summed E-state index contributed by atoms with van der Waals surface area (Å²) >= 11 is 0. The quantitative estimate of drug-likeness (QED) is 0.0262. The van der Waals surface area contributed by atoms with Gasteiger partial charge >= 0.3 is 17.9 Å². The van der Waals surface area contributed by atoms with Crippen LogP contribution in [-0.2, 0) is 28.6 Å². The zero-order valence-corrected chi connectivity index (χ0v) is 43.1. The van der Waals surface area contributed by atoms with Gasteiger partial charge in [-0.15, -0.1) is 0 Å². The molecule has 1 unspecified atom stereocenters. The molecule has 6 nitrogen and oxygen atoms in total. The monoisotopic (exact) mass is 901 g/mol. The van der Waals surface area contributed by atoms with E-state index in [4.69, 9.17) is 14.2 Å². The van der Waals surface area contributed by atoms with Crippen molar-refractivity contribution in [3.8, 4) is 0 Å². The van der Waals surface area contributed by atoms with E-state index < -0.39 is 6.10 Å². The van der Waals surface area contributed by atoms with Crippen LogP contribution in [0.4, 0.5) is 0 Å². The fourth-order valence-electron chi connectivity index (χ4n) is 8.48. The van der Waals surface area contributed by atoms with Crippen molar-refractivity contribution in [2.45, 2.75) is 316 Å². The minimum atomic E-state index is -0.771. The summed E-state index contributed by atoms with van der Waals surface area (Å²) in [5, 5.41) is 0. The van der Waals surface area contributed by atoms with Crippen LogP contribution in [0.25, 0.3) is 0 Å². The van der Waals surface area contributed by atoms with Crippen LogP contribution in [0.5, 0.6) is 0 Å². The summed E-state index contributed by atoms with van der Waals surface area (Å²) in [5.74, 6) is -0.865. The van der Waals surface area contributed by atoms with Crippen molar-refractivity contribution in [3.05, 3.63) is 24.3 Å². The molecule has 0 saturated heterocycles. The number of hydrogen-bond donors (Lipinski definition) is 0. The predicted octanol–water partition coefficient (Wildman–Crippen LogP) is 18.7. The third-order valence-corrected chi connectivity index (χ3v) is 12.7. The second-order valence-electron chi connectivity index (χ2n) is 19.2. The lowest BCUT2D eigenvalue weighted by Gasteiger charge is -2.18. The molecule has 64 heavy (non-hydrogen) atoms. The van der Waals surface area contributed by atoms with E-state index in [1.165, 1.54) is 186 Å². The largest absolute Gasteiger partial charge is 0.462 e. The van der Waals surface area contributed by atoms with Gasteiger partial charge in [0.2, 0.25) is 0 Å². The molecule has 0 aliphatic carbocycles. The van der Waals surface area contributed by atoms with E-state index in [-0.39, 0.29) is 31.1 Å². The first kappa shape index (κ1) is 61.9. The highest BCUT2D eigenvalue weighted by atomic mass is 16.6. The molecule has 0 aromatic heterocycles. The van der Waals surface area contributed by atoms with Crippen LogP contribution < -0.4 is 0 Å². The van der Waals surface area contributed by atoms with E-state index in [2.05, 4.69) is 45.1 Å². The van der Waals surface area contributed by atoms with Gasteiger partial charge in [-0.2, -0.15) is 0 Å². The topological polar surface area (TPSA) is 78.9 Å². The van der Waals surface area contributed by atoms with Gasteiger partial charge in [0.15, 0.2) is 6.10 Å². The van der Waals surface area contributed by atoms with Gasteiger partial charge in [-0.3, -0.25) is 14.4 Å². The maximum atomic E-state index is 12.8. The van der Waals surface area contributed by atoms with Crippen LogP contribution in [0.3, 0.4) is 0 Å². The Labute approximate surface area is 398 Å². The summed E-state index contributed by atoms with van der Waals surface area (Å²) in [6, 6.07) is 0. The molecule has 0 bridgehead atoms. The Balaban J connectivity index is 4.28. The first-order valence-corrected chi connectivity index (χ1v) is 28.3. The Bertz CT molecular complexity index is 1040. The number of hydrogen-bond acceptors (Lipinski definition) is 6. The van der Waals surface area contributed by atoms with Gasteiger partial charge in [0.25, 0.3) is 0 Å². The molecule has 376 valence electrons. The van der Waals surface area contributed by atoms with Gasteiger partial charge < -0.3 is 14.2 Å². The lowest BCUT2D eigenvalue weighted by atomic mass is 10.0. The minimum Gasteiger partial charge on any atom is -0.462 e. The molecule has 0 radical (unpaired) electrons. The van der Waals surface area contributed by atoms with E-state index in [0.717, 1.165) is 83.5 Å². The summed E-state index contributed by atoms with van der Waals surface area (Å²) in [5.41, 5.74) is 0. The Morgan fingerprint density at radius 3 is 0.938 bits per heavy atom. The molecule has 0 fully saturated rings. The Kier molecular flexibility index (Phi) is 51.7. The predicted molar refractivity (Wildman–Crippen MR) is 275 cm³/mol. The summed E-state index contributed by atoms with van der Waals surface area (Å²) in [4.78, 5) is 38.1. The molecule has 0 aromatic carbocycles. The molecule has 0 aromatic rings. The van der Waals surface area contributed by atoms with Gasteiger partial charge in [0, 0.05) is 19.3 Å². The smallest absolute Gasteiger partial charge is 0.306 e. The maximum Gasteiger partial charge on any atom is 0.306 e. The highest BCUT2D eigenvalue weighted by Crippen LogP contribution is 2.17. The average molecular weight is 901 g/mol. The van der Waals surface area contributed by atoms with Crippen molar-refractivity contribution in [3.63, 3.8) is 0 Å². The van der Waals surface area contributed by atoms with E-state index >= 15 is 0 Å². The average Bonchev–Trinajstić information content (AvgIpc) is 3.29. The molecular formula is C58H108O6. The summed E-state index contributed by atoms with van der Waals surface area (Å²) in [7, 11) is 0. The Hall–Kier alpha value is -2.11. The highest BCUT2D eigenvalue weighted by molar-refractivity contribution is 5.71. The third-order valence-electron chi connectivity index (χ3n) is 12.7. The van der Waals surface area contributed by atoms with E-state index in [0.29, 0.717) is 19.3 Å². The molecular weight excluding hydrogens is 793 g/mol. The number of rotatable bonds is 52. The van der Waals surface area contributed by atoms with E-state index in [1.54, 1.807) is 0 Å². The third kappa shape index (κ3) is 50.9. The number of unbranched alkanes of at least 4 members (excludes halogenated alkanes) is 37. The van der Waals surface area contributed by atoms with Crippen LogP contribution >= 0.6 is 0 Å². The molecule has 6 heteroatoms. The Morgan fingerprint density at radius 1 is 0.328 bits per heavy atom. The van der Waals surface area contributed by atoms with Crippen molar-refractivity contribution < 1.29 is 28.6 Å². The normalized spacial score (nSPS) is 12.1. The number of esters is 3. The standard InChI is InChI=1S/C58H108O6/c1-4-7-10-13-16-19-22-25-27-28-29-30-32-33-36-39-42-45-48-51-57(60)63-54-55(53-62-56(59)50-47-44-41-38-35-24-21-18-15-12-9-6-3)64-58(61)52-49-46-43-40-37-34-31-26-23-20-17-14-11-8-5-2/h9,12,18,21,55H,4-8,10-11,13-17,19-20,22-54H2,1-3H3/b12-9-,21-18-. The first-order valence-electron chi connectivity index (χ1n) is 28.3. The molecule has 0 saturated carbocycles. The van der Waals surface area contributed by atoms with Gasteiger partial charge in [-0.1, -0.05) is 270 Å². The van der Waals surface area contributed by atoms with Crippen LogP contribution in [0.2, 0.25) is 0 Å². The number of carbonyl (C=O) groups excluding carboxylic acids is 3. The van der Waals surface area contributed by atoms with Crippen molar-refractivity contribution in [1.82, 2.24) is 0 Å². The lowest BCUT2D eigenvalue weighted by Crippen LogP contribution is -2.30. The van der Waals surface area contributed by atoms with Crippen LogP contribution in [0.1, 0.15) is 310 Å². The molecule has 0 aliphatic rings. The van der Waals surface area contributed by atoms with Crippen LogP contribution in [0.15, 0.2) is 24.3 Å². The van der Waals surface area contributed by atoms with Gasteiger partial charge in [0.05, 0.1) is 0 Å². The second kappa shape index (κ2) is 53.5. The zero-order chi connectivity index (χ0) is 46.5. The Morgan fingerprint density at radius 2 is 0.609 bits per heavy atom. The van der Waals surface area contributed by atoms with Crippen molar-refractivity contribution in [2.75, 3.05) is 13.2 Å². The summed E-state index contributed by atoms with van der Waals surface area (Å²) < 4.78 is 16.8. The number of allylic oxidation sites excluding steroid dienone is 4. The fourth-order valence-corrected chi connectivity index (χ4v) is 8.48. The van der Waals surface area contributed by atoms with E-state index in [1.807, 2.05) is 0 Å². The molecule has 0 spiro atoms. The number of ether oxygens (including phenoxy) is 3. The van der Waals surface area contributed by atoms with Crippen molar-refractivity contribution >= 4 is 17.9 Å². The fraction of sp³-hybridized carbons (Fsp3) is 0.879. The zero-order valence-electron chi connectivity index (χ0n) is 43.1. The van der Waals surface area contributed by atoms with E-state index in [9.17, 15) is 14.4 Å². The number of carbonyl (C=O) groups is 3. The summed E-state index contributed by atoms with van der Waals surface area (Å²) in [6.07, 6.45) is 61.7. The summed E-state index contributed by atoms with van der Waals surface area (Å²) in [6.45, 7) is 6.57. The molecule has 0 aliphatic heterocycles. The molecule has 0 amide bonds. The van der Waals surface area contributed by atoms with Gasteiger partial charge in [-0.05, 0) is 44.9 Å². The molecule has 0 rings (SSSR count). The first-order chi connectivity index (χ1) is 31.5. The maximum absolute atomic E-state index is 12.8. The SMILES string of the molecule is CC/C=C\C/C=C\CCCCCCCC(=O)OCC(COC(=O)CCCCCCCCCCCCCCCCCCCCC)OC(=O)CCCCCCCCCCCCCCCCC. The molecule has 0 heterocycles. The van der Waals surface area contributed by atoms with Crippen LogP contribution in [0, 0.1) is 0 Å².